The lowest BCUT2D eigenvalue weighted by Gasteiger charge is -2.09. The Hall–Kier alpha value is -0.980. The molecule has 0 bridgehead atoms. The van der Waals surface area contributed by atoms with Gasteiger partial charge in [0.2, 0.25) is 0 Å². The highest BCUT2D eigenvalue weighted by molar-refractivity contribution is 5.36. The second-order valence-corrected chi connectivity index (χ2v) is 3.14. The van der Waals surface area contributed by atoms with Crippen molar-refractivity contribution in [2.75, 3.05) is 0 Å². The molecule has 1 nitrogen and oxygen atoms in total. The van der Waals surface area contributed by atoms with E-state index in [0.717, 1.165) is 6.42 Å². The summed E-state index contributed by atoms with van der Waals surface area (Å²) in [6, 6.07) is 0.528. The molecule has 1 rings (SSSR count). The zero-order valence-corrected chi connectivity index (χ0v) is 8.09. The van der Waals surface area contributed by atoms with Gasteiger partial charge in [0.05, 0.1) is 6.04 Å². The molecule has 0 saturated carbocycles. The van der Waals surface area contributed by atoms with Crippen LogP contribution in [0.2, 0.25) is 0 Å². The fourth-order valence-electron chi connectivity index (χ4n) is 1.32. The second-order valence-electron chi connectivity index (χ2n) is 3.14. The van der Waals surface area contributed by atoms with Gasteiger partial charge in [-0.3, -0.25) is 0 Å². The third kappa shape index (κ3) is 2.00. The van der Waals surface area contributed by atoms with Crippen molar-refractivity contribution in [3.05, 3.63) is 35.6 Å². The number of rotatable bonds is 2. The summed E-state index contributed by atoms with van der Waals surface area (Å²) in [7, 11) is 0. The average Bonchev–Trinajstić information content (AvgIpc) is 2.51. The largest absolute Gasteiger partial charge is 0.384 e. The van der Waals surface area contributed by atoms with E-state index in [1.165, 1.54) is 11.1 Å². The van der Waals surface area contributed by atoms with Gasteiger partial charge < -0.3 is 5.32 Å². The Morgan fingerprint density at radius 3 is 3.00 bits per heavy atom. The lowest BCUT2D eigenvalue weighted by molar-refractivity contribution is 0.679. The van der Waals surface area contributed by atoms with E-state index in [-0.39, 0.29) is 0 Å². The van der Waals surface area contributed by atoms with Gasteiger partial charge in [0.15, 0.2) is 0 Å². The molecule has 1 heterocycles. The van der Waals surface area contributed by atoms with E-state index in [2.05, 4.69) is 44.3 Å². The predicted octanol–water partition coefficient (Wildman–Crippen LogP) is 2.77. The Morgan fingerprint density at radius 1 is 1.67 bits per heavy atom. The first kappa shape index (κ1) is 9.11. The molecule has 0 radical (unpaired) electrons. The molecule has 0 aromatic heterocycles. The highest BCUT2D eigenvalue weighted by Crippen LogP contribution is 2.15. The predicted molar refractivity (Wildman–Crippen MR) is 53.9 cm³/mol. The van der Waals surface area contributed by atoms with Gasteiger partial charge in [-0.15, -0.1) is 0 Å². The van der Waals surface area contributed by atoms with Crippen molar-refractivity contribution in [1.82, 2.24) is 5.32 Å². The zero-order valence-electron chi connectivity index (χ0n) is 8.09. The molecule has 0 aromatic carbocycles. The standard InChI is InChI=1S/C11H17N/c1-4-9(3)8-10-6-7-12-11(10)5-2/h4,6-8,11-12H,5H2,1-3H3/b9-4-,10-8-. The van der Waals surface area contributed by atoms with Gasteiger partial charge >= 0.3 is 0 Å². The Labute approximate surface area is 74.9 Å². The SMILES string of the molecule is C/C=C(C)\C=C1\C=CNC1CC. The first-order valence-corrected chi connectivity index (χ1v) is 4.55. The minimum absolute atomic E-state index is 0.528. The highest BCUT2D eigenvalue weighted by Gasteiger charge is 2.11. The summed E-state index contributed by atoms with van der Waals surface area (Å²) in [5.74, 6) is 0. The molecule has 0 aromatic rings. The summed E-state index contributed by atoms with van der Waals surface area (Å²) in [4.78, 5) is 0. The molecule has 12 heavy (non-hydrogen) atoms. The first-order chi connectivity index (χ1) is 5.77. The molecule has 0 aliphatic carbocycles. The molecule has 1 N–H and O–H groups in total. The van der Waals surface area contributed by atoms with E-state index in [0.29, 0.717) is 6.04 Å². The van der Waals surface area contributed by atoms with Gasteiger partial charge in [-0.2, -0.15) is 0 Å². The Bertz CT molecular complexity index is 233. The van der Waals surface area contributed by atoms with Gasteiger partial charge in [0, 0.05) is 0 Å². The Balaban J connectivity index is 2.73. The van der Waals surface area contributed by atoms with Crippen molar-refractivity contribution in [1.29, 1.82) is 0 Å². The molecule has 0 spiro atoms. The highest BCUT2D eigenvalue weighted by atomic mass is 14.9. The maximum Gasteiger partial charge on any atom is 0.0506 e. The van der Waals surface area contributed by atoms with Crippen LogP contribution in [0.3, 0.4) is 0 Å². The van der Waals surface area contributed by atoms with Crippen LogP contribution in [0.1, 0.15) is 27.2 Å². The Kier molecular flexibility index (Phi) is 3.15. The van der Waals surface area contributed by atoms with Crippen LogP contribution >= 0.6 is 0 Å². The van der Waals surface area contributed by atoms with Gasteiger partial charge in [0.25, 0.3) is 0 Å². The molecular formula is C11H17N. The minimum Gasteiger partial charge on any atom is -0.384 e. The monoisotopic (exact) mass is 163 g/mol. The maximum absolute atomic E-state index is 3.31. The third-order valence-corrected chi connectivity index (χ3v) is 2.23. The molecular weight excluding hydrogens is 146 g/mol. The molecule has 1 atom stereocenters. The number of nitrogens with one attached hydrogen (secondary N) is 1. The fourth-order valence-corrected chi connectivity index (χ4v) is 1.32. The summed E-state index contributed by atoms with van der Waals surface area (Å²) >= 11 is 0. The lowest BCUT2D eigenvalue weighted by atomic mass is 10.0. The summed E-state index contributed by atoms with van der Waals surface area (Å²) in [5.41, 5.74) is 2.73. The third-order valence-electron chi connectivity index (χ3n) is 2.23. The van der Waals surface area contributed by atoms with E-state index in [4.69, 9.17) is 0 Å². The second kappa shape index (κ2) is 4.15. The average molecular weight is 163 g/mol. The molecule has 0 amide bonds. The van der Waals surface area contributed by atoms with Gasteiger partial charge in [-0.25, -0.2) is 0 Å². The van der Waals surface area contributed by atoms with Gasteiger partial charge in [-0.1, -0.05) is 24.6 Å². The summed E-state index contributed by atoms with van der Waals surface area (Å²) in [6.45, 7) is 6.40. The summed E-state index contributed by atoms with van der Waals surface area (Å²) in [6.07, 6.45) is 9.70. The van der Waals surface area contributed by atoms with Crippen molar-refractivity contribution >= 4 is 0 Å². The number of allylic oxidation sites excluding steroid dienone is 3. The van der Waals surface area contributed by atoms with Gasteiger partial charge in [0.1, 0.15) is 0 Å². The van der Waals surface area contributed by atoms with Crippen molar-refractivity contribution in [2.24, 2.45) is 0 Å². The van der Waals surface area contributed by atoms with Crippen LogP contribution in [0.5, 0.6) is 0 Å². The van der Waals surface area contributed by atoms with Crippen LogP contribution in [0.25, 0.3) is 0 Å². The van der Waals surface area contributed by atoms with E-state index < -0.39 is 0 Å². The lowest BCUT2D eigenvalue weighted by Crippen LogP contribution is -2.19. The van der Waals surface area contributed by atoms with Crippen molar-refractivity contribution in [3.8, 4) is 0 Å². The fraction of sp³-hybridized carbons (Fsp3) is 0.455. The molecule has 0 saturated heterocycles. The molecule has 1 heteroatoms. The first-order valence-electron chi connectivity index (χ1n) is 4.55. The smallest absolute Gasteiger partial charge is 0.0506 e. The molecule has 66 valence electrons. The molecule has 1 aliphatic rings. The van der Waals surface area contributed by atoms with E-state index in [1.807, 2.05) is 6.20 Å². The van der Waals surface area contributed by atoms with Crippen LogP contribution < -0.4 is 5.32 Å². The summed E-state index contributed by atoms with van der Waals surface area (Å²) < 4.78 is 0. The van der Waals surface area contributed by atoms with Crippen LogP contribution in [0, 0.1) is 0 Å². The zero-order chi connectivity index (χ0) is 8.97. The summed E-state index contributed by atoms with van der Waals surface area (Å²) in [5, 5.41) is 3.31. The normalized spacial score (nSPS) is 26.4. The van der Waals surface area contributed by atoms with Crippen molar-refractivity contribution in [2.45, 2.75) is 33.2 Å². The number of hydrogen-bond acceptors (Lipinski definition) is 1. The topological polar surface area (TPSA) is 12.0 Å². The van der Waals surface area contributed by atoms with Crippen molar-refractivity contribution in [3.63, 3.8) is 0 Å². The van der Waals surface area contributed by atoms with Crippen LogP contribution in [0.15, 0.2) is 35.6 Å². The van der Waals surface area contributed by atoms with E-state index in [9.17, 15) is 0 Å². The Morgan fingerprint density at radius 2 is 2.42 bits per heavy atom. The molecule has 1 aliphatic heterocycles. The van der Waals surface area contributed by atoms with E-state index in [1.54, 1.807) is 0 Å². The van der Waals surface area contributed by atoms with Crippen LogP contribution in [0.4, 0.5) is 0 Å². The maximum atomic E-state index is 3.31. The molecule has 1 unspecified atom stereocenters. The molecule has 0 fully saturated rings. The van der Waals surface area contributed by atoms with Crippen molar-refractivity contribution < 1.29 is 0 Å². The minimum atomic E-state index is 0.528. The van der Waals surface area contributed by atoms with E-state index >= 15 is 0 Å². The van der Waals surface area contributed by atoms with Crippen LogP contribution in [-0.2, 0) is 0 Å². The van der Waals surface area contributed by atoms with Crippen LogP contribution in [-0.4, -0.2) is 6.04 Å². The number of hydrogen-bond donors (Lipinski definition) is 1. The quantitative estimate of drug-likeness (QED) is 0.660. The van der Waals surface area contributed by atoms with Gasteiger partial charge in [-0.05, 0) is 38.1 Å².